The molecule has 162 valence electrons. The number of guanidine groups is 1. The maximum atomic E-state index is 12.6. The molecule has 0 saturated heterocycles. The number of hydrogen-bond donors (Lipinski definition) is 2. The van der Waals surface area contributed by atoms with Crippen molar-refractivity contribution in [3.63, 3.8) is 0 Å². The van der Waals surface area contributed by atoms with Gasteiger partial charge < -0.3 is 10.6 Å². The van der Waals surface area contributed by atoms with Crippen LogP contribution in [0.5, 0.6) is 0 Å². The van der Waals surface area contributed by atoms with E-state index in [0.29, 0.717) is 44.1 Å². The summed E-state index contributed by atoms with van der Waals surface area (Å²) in [6, 6.07) is 4.88. The topological polar surface area (TPSA) is 73.8 Å². The molecule has 0 aliphatic carbocycles. The Balaban J connectivity index is 0.00000729. The second-order valence-corrected chi connectivity index (χ2v) is 7.91. The molecule has 0 bridgehead atoms. The molecule has 1 aromatic rings. The van der Waals surface area contributed by atoms with Crippen molar-refractivity contribution in [3.05, 3.63) is 35.4 Å². The predicted octanol–water partition coefficient (Wildman–Crippen LogP) is 3.05. The Labute approximate surface area is 182 Å². The molecule has 0 fully saturated rings. The Morgan fingerprint density at radius 3 is 2.21 bits per heavy atom. The van der Waals surface area contributed by atoms with Crippen LogP contribution in [0.15, 0.2) is 29.3 Å². The molecule has 11 heteroatoms. The summed E-state index contributed by atoms with van der Waals surface area (Å²) in [6.07, 6.45) is -2.57. The van der Waals surface area contributed by atoms with Crippen molar-refractivity contribution in [3.8, 4) is 0 Å². The van der Waals surface area contributed by atoms with Gasteiger partial charge >= 0.3 is 6.18 Å². The van der Waals surface area contributed by atoms with Gasteiger partial charge in [-0.25, -0.2) is 17.7 Å². The smallest absolute Gasteiger partial charge is 0.357 e. The molecule has 0 atom stereocenters. The monoisotopic (exact) mass is 536 g/mol. The van der Waals surface area contributed by atoms with Gasteiger partial charge in [0.15, 0.2) is 5.96 Å². The average Bonchev–Trinajstić information content (AvgIpc) is 2.58. The van der Waals surface area contributed by atoms with E-state index in [0.717, 1.165) is 12.1 Å². The molecule has 6 nitrogen and oxygen atoms in total. The normalized spacial score (nSPS) is 12.6. The van der Waals surface area contributed by atoms with Crippen molar-refractivity contribution >= 4 is 40.0 Å². The number of benzene rings is 1. The zero-order valence-corrected chi connectivity index (χ0v) is 19.4. The molecule has 0 heterocycles. The number of alkyl halides is 3. The first-order valence-corrected chi connectivity index (χ1v) is 10.6. The van der Waals surface area contributed by atoms with Crippen molar-refractivity contribution in [1.29, 1.82) is 0 Å². The van der Waals surface area contributed by atoms with E-state index in [4.69, 9.17) is 0 Å². The van der Waals surface area contributed by atoms with Gasteiger partial charge in [-0.15, -0.1) is 24.0 Å². The van der Waals surface area contributed by atoms with E-state index in [9.17, 15) is 21.6 Å². The Morgan fingerprint density at radius 1 is 1.14 bits per heavy atom. The highest BCUT2D eigenvalue weighted by molar-refractivity contribution is 14.0. The van der Waals surface area contributed by atoms with Crippen LogP contribution in [-0.2, 0) is 22.7 Å². The van der Waals surface area contributed by atoms with Crippen LogP contribution in [0.4, 0.5) is 13.2 Å². The van der Waals surface area contributed by atoms with Crippen LogP contribution >= 0.6 is 24.0 Å². The molecule has 2 N–H and O–H groups in total. The number of sulfonamides is 1. The van der Waals surface area contributed by atoms with Crippen molar-refractivity contribution in [2.45, 2.75) is 33.0 Å². The maximum Gasteiger partial charge on any atom is 0.416 e. The number of halogens is 4. The van der Waals surface area contributed by atoms with Gasteiger partial charge in [-0.1, -0.05) is 19.1 Å². The van der Waals surface area contributed by atoms with Gasteiger partial charge in [-0.05, 0) is 31.0 Å². The van der Waals surface area contributed by atoms with Crippen LogP contribution in [-0.4, -0.2) is 51.1 Å². The summed E-state index contributed by atoms with van der Waals surface area (Å²) in [5.74, 6) is 0.528. The summed E-state index contributed by atoms with van der Waals surface area (Å²) in [4.78, 5) is 4.34. The number of nitrogens with one attached hydrogen (secondary N) is 2. The van der Waals surface area contributed by atoms with Gasteiger partial charge in [0.25, 0.3) is 0 Å². The van der Waals surface area contributed by atoms with Gasteiger partial charge in [0, 0.05) is 26.2 Å². The molecular weight excluding hydrogens is 508 g/mol. The first-order valence-electron chi connectivity index (χ1n) is 8.71. The zero-order chi connectivity index (χ0) is 20.5. The van der Waals surface area contributed by atoms with Gasteiger partial charge in [-0.3, -0.25) is 0 Å². The summed E-state index contributed by atoms with van der Waals surface area (Å²) < 4.78 is 62.2. The molecule has 1 rings (SSSR count). The number of rotatable bonds is 9. The predicted molar refractivity (Wildman–Crippen MR) is 116 cm³/mol. The van der Waals surface area contributed by atoms with Gasteiger partial charge in [0.1, 0.15) is 0 Å². The number of aliphatic imine (C=N–C) groups is 1. The van der Waals surface area contributed by atoms with E-state index in [2.05, 4.69) is 15.6 Å². The lowest BCUT2D eigenvalue weighted by atomic mass is 10.1. The summed E-state index contributed by atoms with van der Waals surface area (Å²) >= 11 is 0. The Bertz CT molecular complexity index is 710. The molecule has 0 radical (unpaired) electrons. The second-order valence-electron chi connectivity index (χ2n) is 5.92. The molecular formula is C17H28F3IN4O2S. The van der Waals surface area contributed by atoms with E-state index >= 15 is 0 Å². The van der Waals surface area contributed by atoms with E-state index in [1.807, 2.05) is 6.92 Å². The molecule has 0 unspecified atom stereocenters. The molecule has 28 heavy (non-hydrogen) atoms. The maximum absolute atomic E-state index is 12.6. The molecule has 0 saturated carbocycles. The first-order chi connectivity index (χ1) is 12.6. The fourth-order valence-electron chi connectivity index (χ4n) is 2.33. The van der Waals surface area contributed by atoms with Crippen LogP contribution in [0.3, 0.4) is 0 Å². The molecule has 0 aromatic heterocycles. The van der Waals surface area contributed by atoms with Crippen LogP contribution in [0.2, 0.25) is 0 Å². The third kappa shape index (κ3) is 9.92. The van der Waals surface area contributed by atoms with Crippen molar-refractivity contribution in [2.24, 2.45) is 4.99 Å². The van der Waals surface area contributed by atoms with Crippen molar-refractivity contribution < 1.29 is 21.6 Å². The lowest BCUT2D eigenvalue weighted by Gasteiger charge is -2.18. The molecule has 0 aliphatic heterocycles. The quantitative estimate of drug-likeness (QED) is 0.220. The third-order valence-electron chi connectivity index (χ3n) is 3.74. The number of nitrogens with zero attached hydrogens (tertiary/aromatic N) is 2. The minimum Gasteiger partial charge on any atom is -0.357 e. The largest absolute Gasteiger partial charge is 0.416 e. The number of hydrogen-bond acceptors (Lipinski definition) is 3. The molecule has 0 amide bonds. The van der Waals surface area contributed by atoms with E-state index in [1.54, 1.807) is 6.92 Å². The lowest BCUT2D eigenvalue weighted by molar-refractivity contribution is -0.137. The highest BCUT2D eigenvalue weighted by Crippen LogP contribution is 2.29. The zero-order valence-electron chi connectivity index (χ0n) is 16.2. The van der Waals surface area contributed by atoms with Crippen LogP contribution in [0.1, 0.15) is 31.4 Å². The minimum atomic E-state index is -4.35. The lowest BCUT2D eigenvalue weighted by Crippen LogP contribution is -2.39. The Hall–Kier alpha value is -1.08. The minimum absolute atomic E-state index is 0. The average molecular weight is 536 g/mol. The van der Waals surface area contributed by atoms with E-state index in [-0.39, 0.29) is 30.5 Å². The van der Waals surface area contributed by atoms with Gasteiger partial charge in [-0.2, -0.15) is 13.2 Å². The molecule has 1 aromatic carbocycles. The summed E-state index contributed by atoms with van der Waals surface area (Å²) in [5.41, 5.74) is -0.0268. The fraction of sp³-hybridized carbons (Fsp3) is 0.588. The van der Waals surface area contributed by atoms with Crippen molar-refractivity contribution in [2.75, 3.05) is 32.4 Å². The van der Waals surface area contributed by atoms with Crippen LogP contribution in [0, 0.1) is 0 Å². The first kappa shape index (κ1) is 26.9. The fourth-order valence-corrected chi connectivity index (χ4v) is 3.26. The summed E-state index contributed by atoms with van der Waals surface area (Å²) in [6.45, 7) is 5.88. The van der Waals surface area contributed by atoms with E-state index in [1.165, 1.54) is 22.7 Å². The van der Waals surface area contributed by atoms with Crippen molar-refractivity contribution in [1.82, 2.24) is 14.9 Å². The van der Waals surface area contributed by atoms with Crippen LogP contribution < -0.4 is 10.6 Å². The highest BCUT2D eigenvalue weighted by Gasteiger charge is 2.29. The summed E-state index contributed by atoms with van der Waals surface area (Å²) in [5, 5.41) is 6.14. The van der Waals surface area contributed by atoms with Gasteiger partial charge in [0.05, 0.1) is 18.4 Å². The summed E-state index contributed by atoms with van der Waals surface area (Å²) in [7, 11) is -3.21. The Morgan fingerprint density at radius 2 is 1.75 bits per heavy atom. The Kier molecular flexibility index (Phi) is 12.0. The van der Waals surface area contributed by atoms with E-state index < -0.39 is 21.8 Å². The highest BCUT2D eigenvalue weighted by atomic mass is 127. The standard InChI is InChI=1S/C17H27F3N4O2S.HI/c1-4-21-16(22-11-6-12-24(5-2)27(3,25)26)23-13-14-7-9-15(10-8-14)17(18,19)20;/h7-10H,4-6,11-13H2,1-3H3,(H2,21,22,23);1H. The van der Waals surface area contributed by atoms with Gasteiger partial charge in [0.2, 0.25) is 10.0 Å². The van der Waals surface area contributed by atoms with Crippen LogP contribution in [0.25, 0.3) is 0 Å². The SMILES string of the molecule is CCNC(=NCc1ccc(C(F)(F)F)cc1)NCCCN(CC)S(C)(=O)=O.I. The molecule has 0 spiro atoms. The third-order valence-corrected chi connectivity index (χ3v) is 5.12. The molecule has 0 aliphatic rings. The second kappa shape index (κ2) is 12.5.